The molecule has 3 aromatic rings. The summed E-state index contributed by atoms with van der Waals surface area (Å²) in [6.07, 6.45) is 2.43. The van der Waals surface area contributed by atoms with Crippen LogP contribution in [0.3, 0.4) is 0 Å². The lowest BCUT2D eigenvalue weighted by Crippen LogP contribution is -2.56. The Kier molecular flexibility index (Phi) is 9.00. The van der Waals surface area contributed by atoms with Crippen molar-refractivity contribution in [2.24, 2.45) is 5.92 Å². The Morgan fingerprint density at radius 1 is 1.07 bits per heavy atom. The zero-order valence-corrected chi connectivity index (χ0v) is 25.4. The van der Waals surface area contributed by atoms with Crippen LogP contribution in [0, 0.1) is 12.8 Å². The molecule has 3 atom stereocenters. The summed E-state index contributed by atoms with van der Waals surface area (Å²) in [7, 11) is 4.51. The van der Waals surface area contributed by atoms with E-state index in [1.807, 2.05) is 49.4 Å². The van der Waals surface area contributed by atoms with Crippen LogP contribution in [0.4, 0.5) is 10.5 Å². The second-order valence-corrected chi connectivity index (χ2v) is 11.5. The highest BCUT2D eigenvalue weighted by atomic mass is 35.5. The largest absolute Gasteiger partial charge is 0.481 e. The fraction of sp³-hybridized carbons (Fsp3) is 0.375. The van der Waals surface area contributed by atoms with Crippen LogP contribution in [0.1, 0.15) is 30.4 Å². The summed E-state index contributed by atoms with van der Waals surface area (Å²) < 4.78 is 5.61. The molecule has 1 aromatic heterocycles. The van der Waals surface area contributed by atoms with E-state index in [0.29, 0.717) is 28.8 Å². The molecule has 1 saturated carbocycles. The fourth-order valence-corrected chi connectivity index (χ4v) is 6.10. The van der Waals surface area contributed by atoms with Crippen LogP contribution >= 0.6 is 11.6 Å². The maximum absolute atomic E-state index is 13.1. The number of methoxy groups -OCH3 is 1. The quantitative estimate of drug-likeness (QED) is 0.324. The molecule has 5 rings (SSSR count). The average Bonchev–Trinajstić information content (AvgIpc) is 3.42. The summed E-state index contributed by atoms with van der Waals surface area (Å²) in [5.74, 6) is -1.55. The number of imide groups is 1. The van der Waals surface area contributed by atoms with Crippen LogP contribution in [0.2, 0.25) is 5.02 Å². The Balaban J connectivity index is 1.39. The highest BCUT2D eigenvalue weighted by molar-refractivity contribution is 6.36. The summed E-state index contributed by atoms with van der Waals surface area (Å²) >= 11 is 7.00. The van der Waals surface area contributed by atoms with Gasteiger partial charge < -0.3 is 25.4 Å². The van der Waals surface area contributed by atoms with Gasteiger partial charge in [0.05, 0.1) is 23.9 Å². The Bertz CT molecular complexity index is 1560. The number of carbonyl (C=O) groups excluding carboxylic acids is 3. The Hall–Kier alpha value is -3.99. The number of benzene rings is 2. The Morgan fingerprint density at radius 2 is 1.79 bits per heavy atom. The summed E-state index contributed by atoms with van der Waals surface area (Å²) in [6, 6.07) is 14.7. The number of hydrogen-bond acceptors (Lipinski definition) is 7. The van der Waals surface area contributed by atoms with E-state index in [4.69, 9.17) is 21.3 Å². The molecule has 43 heavy (non-hydrogen) atoms. The molecule has 0 bridgehead atoms. The van der Waals surface area contributed by atoms with Gasteiger partial charge in [-0.2, -0.15) is 0 Å². The smallest absolute Gasteiger partial charge is 0.326 e. The minimum absolute atomic E-state index is 0.00824. The fourth-order valence-electron chi connectivity index (χ4n) is 5.78. The molecular weight excluding hydrogens is 570 g/mol. The molecule has 2 aromatic carbocycles. The van der Waals surface area contributed by atoms with Gasteiger partial charge in [0.2, 0.25) is 17.7 Å². The number of nitrogens with one attached hydrogen (secondary N) is 2. The van der Waals surface area contributed by atoms with E-state index in [-0.39, 0.29) is 18.7 Å². The van der Waals surface area contributed by atoms with Crippen molar-refractivity contribution in [3.8, 4) is 28.3 Å². The van der Waals surface area contributed by atoms with Gasteiger partial charge in [0.15, 0.2) is 0 Å². The predicted molar refractivity (Wildman–Crippen MR) is 165 cm³/mol. The minimum atomic E-state index is -1.01. The van der Waals surface area contributed by atoms with Gasteiger partial charge in [-0.1, -0.05) is 48.0 Å². The van der Waals surface area contributed by atoms with Crippen molar-refractivity contribution in [1.29, 1.82) is 0 Å². The SMILES string of the molecule is COc1nc(-c2cccc(-c3cccc(NC(=O)C4CN(C)C(=O)N(C)C4=O)c3C)c2Cl)ccc1CN[C@@H]1CCC[C@@H]1O. The molecule has 11 heteroatoms. The van der Waals surface area contributed by atoms with Crippen molar-refractivity contribution in [2.45, 2.75) is 44.9 Å². The third-order valence-corrected chi connectivity index (χ3v) is 8.75. The van der Waals surface area contributed by atoms with E-state index in [0.717, 1.165) is 52.0 Å². The Labute approximate surface area is 256 Å². The van der Waals surface area contributed by atoms with E-state index in [9.17, 15) is 19.5 Å². The first kappa shape index (κ1) is 30.5. The highest BCUT2D eigenvalue weighted by Gasteiger charge is 2.39. The number of amides is 4. The summed E-state index contributed by atoms with van der Waals surface area (Å²) in [4.78, 5) is 45.0. The van der Waals surface area contributed by atoms with E-state index >= 15 is 0 Å². The number of nitrogens with zero attached hydrogens (tertiary/aromatic N) is 3. The lowest BCUT2D eigenvalue weighted by Gasteiger charge is -2.33. The number of carbonyl (C=O) groups is 3. The number of aliphatic hydroxyl groups excluding tert-OH is 1. The molecule has 1 unspecified atom stereocenters. The first-order valence-electron chi connectivity index (χ1n) is 14.3. The molecule has 3 N–H and O–H groups in total. The molecule has 2 heterocycles. The number of hydrogen-bond donors (Lipinski definition) is 3. The zero-order chi connectivity index (χ0) is 30.8. The summed E-state index contributed by atoms with van der Waals surface area (Å²) in [5, 5.41) is 16.9. The summed E-state index contributed by atoms with van der Waals surface area (Å²) in [5.41, 5.74) is 5.14. The monoisotopic (exact) mass is 605 g/mol. The summed E-state index contributed by atoms with van der Waals surface area (Å²) in [6.45, 7) is 2.41. The molecule has 1 aliphatic heterocycles. The Morgan fingerprint density at radius 3 is 2.51 bits per heavy atom. The zero-order valence-electron chi connectivity index (χ0n) is 24.7. The number of anilines is 1. The van der Waals surface area contributed by atoms with Crippen LogP contribution in [0.15, 0.2) is 48.5 Å². The standard InChI is InChI=1S/C32H36ClN5O5/c1-18-20(8-6-11-24(18)35-29(40)23-17-37(2)32(42)38(3)31(23)41)21-9-5-10-22(28(21)33)25-15-14-19(30(36-25)43-4)16-34-26-12-7-13-27(26)39/h5-6,8-11,14-15,23,26-27,34,39H,7,12-13,16-17H2,1-4H3,(H,35,40)/t23?,26-,27+/m1/s1. The van der Waals surface area contributed by atoms with Crippen LogP contribution in [0.5, 0.6) is 5.88 Å². The topological polar surface area (TPSA) is 124 Å². The van der Waals surface area contributed by atoms with Gasteiger partial charge in [-0.05, 0) is 49.4 Å². The van der Waals surface area contributed by atoms with Crippen molar-refractivity contribution < 1.29 is 24.2 Å². The number of pyridine rings is 1. The maximum atomic E-state index is 13.1. The molecule has 1 aliphatic carbocycles. The van der Waals surface area contributed by atoms with Crippen molar-refractivity contribution >= 4 is 35.1 Å². The third kappa shape index (κ3) is 6.08. The second kappa shape index (κ2) is 12.7. The van der Waals surface area contributed by atoms with Gasteiger partial charge in [0.25, 0.3) is 0 Å². The highest BCUT2D eigenvalue weighted by Crippen LogP contribution is 2.39. The third-order valence-electron chi connectivity index (χ3n) is 8.34. The number of ether oxygens (including phenoxy) is 1. The molecule has 10 nitrogen and oxygen atoms in total. The van der Waals surface area contributed by atoms with Crippen molar-refractivity contribution in [3.05, 3.63) is 64.7 Å². The second-order valence-electron chi connectivity index (χ2n) is 11.1. The van der Waals surface area contributed by atoms with Crippen LogP contribution in [-0.2, 0) is 16.1 Å². The van der Waals surface area contributed by atoms with Crippen LogP contribution < -0.4 is 15.4 Å². The van der Waals surface area contributed by atoms with Crippen LogP contribution in [-0.4, -0.2) is 77.6 Å². The van der Waals surface area contributed by atoms with E-state index < -0.39 is 23.8 Å². The van der Waals surface area contributed by atoms with Crippen molar-refractivity contribution in [3.63, 3.8) is 0 Å². The number of aliphatic hydroxyl groups is 1. The molecule has 0 spiro atoms. The number of aromatic nitrogens is 1. The van der Waals surface area contributed by atoms with Gasteiger partial charge in [0.1, 0.15) is 5.92 Å². The van der Waals surface area contributed by atoms with E-state index in [1.54, 1.807) is 20.2 Å². The van der Waals surface area contributed by atoms with Crippen LogP contribution in [0.25, 0.3) is 22.4 Å². The van der Waals surface area contributed by atoms with Gasteiger partial charge in [0, 0.05) is 55.6 Å². The van der Waals surface area contributed by atoms with Crippen molar-refractivity contribution in [1.82, 2.24) is 20.1 Å². The molecule has 2 aliphatic rings. The molecule has 4 amide bonds. The lowest BCUT2D eigenvalue weighted by atomic mass is 9.96. The van der Waals surface area contributed by atoms with Gasteiger partial charge in [-0.3, -0.25) is 14.5 Å². The normalized spacial score (nSPS) is 20.5. The van der Waals surface area contributed by atoms with Crippen molar-refractivity contribution in [2.75, 3.05) is 33.1 Å². The van der Waals surface area contributed by atoms with E-state index in [1.165, 1.54) is 11.9 Å². The maximum Gasteiger partial charge on any atom is 0.326 e. The van der Waals surface area contributed by atoms with Gasteiger partial charge >= 0.3 is 6.03 Å². The number of urea groups is 1. The number of rotatable bonds is 8. The molecular formula is C32H36ClN5O5. The van der Waals surface area contributed by atoms with Gasteiger partial charge in [-0.25, -0.2) is 9.78 Å². The lowest BCUT2D eigenvalue weighted by molar-refractivity contribution is -0.140. The number of halogens is 1. The first-order chi connectivity index (χ1) is 20.6. The molecule has 226 valence electrons. The first-order valence-corrected chi connectivity index (χ1v) is 14.7. The predicted octanol–water partition coefficient (Wildman–Crippen LogP) is 4.47. The molecule has 2 fully saturated rings. The van der Waals surface area contributed by atoms with Gasteiger partial charge in [-0.15, -0.1) is 0 Å². The average molecular weight is 606 g/mol. The molecule has 0 radical (unpaired) electrons. The minimum Gasteiger partial charge on any atom is -0.481 e. The molecule has 1 saturated heterocycles. The van der Waals surface area contributed by atoms with E-state index in [2.05, 4.69) is 10.6 Å².